The second kappa shape index (κ2) is 5.18. The first kappa shape index (κ1) is 8.59. The molecular weight excluding hydrogens is 160 g/mol. The Morgan fingerprint density at radius 3 is 2.55 bits per heavy atom. The molecule has 1 aromatic rings. The van der Waals surface area contributed by atoms with Crippen LogP contribution < -0.4 is 0 Å². The summed E-state index contributed by atoms with van der Waals surface area (Å²) in [5.41, 5.74) is 1.23. The van der Waals surface area contributed by atoms with Crippen LogP contribution in [0.2, 0.25) is 0 Å². The third-order valence-electron chi connectivity index (χ3n) is 1.37. The van der Waals surface area contributed by atoms with E-state index in [1.807, 2.05) is 30.3 Å². The average molecular weight is 170 g/mol. The Bertz CT molecular complexity index is 189. The number of thiol groups is 1. The summed E-state index contributed by atoms with van der Waals surface area (Å²) in [5.74, 6) is 0. The molecule has 3 heteroatoms. The minimum absolute atomic E-state index is 0.535. The van der Waals surface area contributed by atoms with Crippen molar-refractivity contribution < 1.29 is 9.22 Å². The molecule has 0 fully saturated rings. The van der Waals surface area contributed by atoms with Gasteiger partial charge < -0.3 is 0 Å². The molecule has 0 aliphatic heterocycles. The lowest BCUT2D eigenvalue weighted by molar-refractivity contribution is -0.186. The summed E-state index contributed by atoms with van der Waals surface area (Å²) in [7, 11) is 0. The molecule has 0 aliphatic rings. The van der Waals surface area contributed by atoms with Crippen molar-refractivity contribution in [3.63, 3.8) is 0 Å². The third kappa shape index (κ3) is 3.41. The van der Waals surface area contributed by atoms with Gasteiger partial charge in [-0.1, -0.05) is 30.3 Å². The van der Waals surface area contributed by atoms with E-state index in [1.54, 1.807) is 0 Å². The maximum atomic E-state index is 4.60. The van der Waals surface area contributed by atoms with E-state index >= 15 is 0 Å². The summed E-state index contributed by atoms with van der Waals surface area (Å²) in [6, 6.07) is 10.1. The van der Waals surface area contributed by atoms with Crippen LogP contribution in [0.1, 0.15) is 5.56 Å². The van der Waals surface area contributed by atoms with Gasteiger partial charge >= 0.3 is 0 Å². The zero-order chi connectivity index (χ0) is 7.94. The Morgan fingerprint density at radius 2 is 1.91 bits per heavy atom. The fourth-order valence-electron chi connectivity index (χ4n) is 0.841. The topological polar surface area (TPSA) is 18.5 Å². The van der Waals surface area contributed by atoms with Gasteiger partial charge in [0.2, 0.25) is 0 Å². The van der Waals surface area contributed by atoms with Crippen LogP contribution in [0.5, 0.6) is 0 Å². The van der Waals surface area contributed by atoms with Gasteiger partial charge in [0.15, 0.2) is 0 Å². The second-order valence-corrected chi connectivity index (χ2v) is 2.28. The molecule has 60 valence electrons. The average Bonchev–Trinajstić information content (AvgIpc) is 2.07. The molecule has 1 aromatic carbocycles. The predicted octanol–water partition coefficient (Wildman–Crippen LogP) is 2.02. The number of hydrogen-bond donors (Lipinski definition) is 1. The normalized spacial score (nSPS) is 9.91. The monoisotopic (exact) mass is 170 g/mol. The SMILES string of the molecule is SOOCCc1ccccc1. The lowest BCUT2D eigenvalue weighted by Crippen LogP contribution is -1.94. The lowest BCUT2D eigenvalue weighted by Gasteiger charge is -1.98. The molecule has 2 nitrogen and oxygen atoms in total. The van der Waals surface area contributed by atoms with Crippen molar-refractivity contribution in [2.24, 2.45) is 0 Å². The Kier molecular flexibility index (Phi) is 4.04. The van der Waals surface area contributed by atoms with E-state index in [-0.39, 0.29) is 0 Å². The van der Waals surface area contributed by atoms with E-state index in [2.05, 4.69) is 22.1 Å². The highest BCUT2D eigenvalue weighted by molar-refractivity contribution is 7.74. The van der Waals surface area contributed by atoms with Crippen LogP contribution in [0.3, 0.4) is 0 Å². The maximum Gasteiger partial charge on any atom is 0.0875 e. The quantitative estimate of drug-likeness (QED) is 0.245. The van der Waals surface area contributed by atoms with Crippen LogP contribution in [0.15, 0.2) is 30.3 Å². The van der Waals surface area contributed by atoms with Gasteiger partial charge in [0.25, 0.3) is 0 Å². The number of hydrogen-bond acceptors (Lipinski definition) is 3. The molecular formula is C8H10O2S. The van der Waals surface area contributed by atoms with E-state index in [9.17, 15) is 0 Å². The molecule has 0 atom stereocenters. The Labute approximate surface area is 71.7 Å². The zero-order valence-electron chi connectivity index (χ0n) is 6.06. The van der Waals surface area contributed by atoms with Crippen LogP contribution >= 0.6 is 12.9 Å². The van der Waals surface area contributed by atoms with Crippen LogP contribution in [0.4, 0.5) is 0 Å². The summed E-state index contributed by atoms with van der Waals surface area (Å²) in [4.78, 5) is 4.60. The Morgan fingerprint density at radius 1 is 1.18 bits per heavy atom. The summed E-state index contributed by atoms with van der Waals surface area (Å²) < 4.78 is 4.16. The Hall–Kier alpha value is -0.510. The molecule has 0 aliphatic carbocycles. The molecule has 0 saturated heterocycles. The summed E-state index contributed by atoms with van der Waals surface area (Å²) in [5, 5.41) is 0. The number of rotatable bonds is 4. The summed E-state index contributed by atoms with van der Waals surface area (Å²) in [6.07, 6.45) is 0.849. The van der Waals surface area contributed by atoms with Crippen LogP contribution in [-0.4, -0.2) is 6.61 Å². The Balaban J connectivity index is 2.28. The summed E-state index contributed by atoms with van der Waals surface area (Å²) in [6.45, 7) is 0.535. The first-order valence-corrected chi connectivity index (χ1v) is 3.77. The van der Waals surface area contributed by atoms with E-state index < -0.39 is 0 Å². The van der Waals surface area contributed by atoms with Gasteiger partial charge in [0.05, 0.1) is 6.61 Å². The van der Waals surface area contributed by atoms with Crippen molar-refractivity contribution >= 4 is 12.9 Å². The number of benzene rings is 1. The minimum Gasteiger partial charge on any atom is -0.224 e. The van der Waals surface area contributed by atoms with Gasteiger partial charge in [-0.2, -0.15) is 4.33 Å². The van der Waals surface area contributed by atoms with Gasteiger partial charge in [-0.25, -0.2) is 4.89 Å². The molecule has 0 aromatic heterocycles. The van der Waals surface area contributed by atoms with Gasteiger partial charge in [-0.15, -0.1) is 0 Å². The summed E-state index contributed by atoms with van der Waals surface area (Å²) >= 11 is 3.44. The zero-order valence-corrected chi connectivity index (χ0v) is 6.96. The van der Waals surface area contributed by atoms with Gasteiger partial charge in [0, 0.05) is 12.9 Å². The van der Waals surface area contributed by atoms with Crippen LogP contribution in [0, 0.1) is 0 Å². The molecule has 11 heavy (non-hydrogen) atoms. The van der Waals surface area contributed by atoms with E-state index in [4.69, 9.17) is 0 Å². The largest absolute Gasteiger partial charge is 0.224 e. The molecule has 0 saturated carbocycles. The first-order chi connectivity index (χ1) is 5.43. The fraction of sp³-hybridized carbons (Fsp3) is 0.250. The highest BCUT2D eigenvalue weighted by Gasteiger charge is 1.90. The van der Waals surface area contributed by atoms with Gasteiger partial charge in [0.1, 0.15) is 0 Å². The van der Waals surface area contributed by atoms with Gasteiger partial charge in [-0.05, 0) is 12.0 Å². The van der Waals surface area contributed by atoms with Crippen molar-refractivity contribution in [1.82, 2.24) is 0 Å². The lowest BCUT2D eigenvalue weighted by atomic mass is 10.2. The molecule has 0 bridgehead atoms. The van der Waals surface area contributed by atoms with E-state index in [0.29, 0.717) is 6.61 Å². The fourth-order valence-corrected chi connectivity index (χ4v) is 0.916. The van der Waals surface area contributed by atoms with Crippen molar-refractivity contribution in [2.45, 2.75) is 6.42 Å². The standard InChI is InChI=1S/C8H10O2S/c11-10-9-7-6-8-4-2-1-3-5-8/h1-5,11H,6-7H2. The second-order valence-electron chi connectivity index (χ2n) is 2.13. The van der Waals surface area contributed by atoms with Crippen molar-refractivity contribution in [3.05, 3.63) is 35.9 Å². The highest BCUT2D eigenvalue weighted by atomic mass is 32.1. The first-order valence-electron chi connectivity index (χ1n) is 3.40. The molecule has 0 radical (unpaired) electrons. The highest BCUT2D eigenvalue weighted by Crippen LogP contribution is 1.99. The minimum atomic E-state index is 0.535. The molecule has 0 heterocycles. The van der Waals surface area contributed by atoms with Crippen LogP contribution in [-0.2, 0) is 15.6 Å². The molecule has 0 spiro atoms. The van der Waals surface area contributed by atoms with Crippen LogP contribution in [0.25, 0.3) is 0 Å². The molecule has 0 unspecified atom stereocenters. The smallest absolute Gasteiger partial charge is 0.0875 e. The van der Waals surface area contributed by atoms with E-state index in [0.717, 1.165) is 6.42 Å². The maximum absolute atomic E-state index is 4.60. The molecule has 1 rings (SSSR count). The van der Waals surface area contributed by atoms with Crippen molar-refractivity contribution in [1.29, 1.82) is 0 Å². The molecule has 0 amide bonds. The predicted molar refractivity (Wildman–Crippen MR) is 46.2 cm³/mol. The van der Waals surface area contributed by atoms with Crippen molar-refractivity contribution in [3.8, 4) is 0 Å². The molecule has 0 N–H and O–H groups in total. The van der Waals surface area contributed by atoms with E-state index in [1.165, 1.54) is 5.56 Å². The van der Waals surface area contributed by atoms with Gasteiger partial charge in [-0.3, -0.25) is 0 Å². The van der Waals surface area contributed by atoms with Crippen molar-refractivity contribution in [2.75, 3.05) is 6.61 Å². The third-order valence-corrected chi connectivity index (χ3v) is 1.48.